The molecule has 0 bridgehead atoms. The lowest BCUT2D eigenvalue weighted by Gasteiger charge is -2.14. The monoisotopic (exact) mass is 307 g/mol. The Balaban J connectivity index is 1.69. The van der Waals surface area contributed by atoms with E-state index in [4.69, 9.17) is 21.1 Å². The van der Waals surface area contributed by atoms with Crippen LogP contribution in [0, 0.1) is 0 Å². The number of benzene rings is 1. The summed E-state index contributed by atoms with van der Waals surface area (Å²) in [4.78, 5) is 12.2. The summed E-state index contributed by atoms with van der Waals surface area (Å²) >= 11 is 6.07. The normalized spacial score (nSPS) is 14.0. The Morgan fingerprint density at radius 1 is 1.52 bits per heavy atom. The van der Waals surface area contributed by atoms with Crippen molar-refractivity contribution in [2.75, 3.05) is 6.79 Å². The molecule has 1 N–H and O–H groups in total. The quantitative estimate of drug-likeness (QED) is 0.939. The van der Waals surface area contributed by atoms with Gasteiger partial charge in [0.25, 0.3) is 5.91 Å². The number of carbonyl (C=O) groups excluding carboxylic acids is 1. The van der Waals surface area contributed by atoms with Crippen LogP contribution < -0.4 is 14.8 Å². The summed E-state index contributed by atoms with van der Waals surface area (Å²) in [7, 11) is 0. The molecule has 1 amide bonds. The maximum Gasteiger partial charge on any atom is 0.251 e. The third-order valence-corrected chi connectivity index (χ3v) is 3.37. The lowest BCUT2D eigenvalue weighted by Crippen LogP contribution is -2.35. The van der Waals surface area contributed by atoms with Gasteiger partial charge in [-0.25, -0.2) is 0 Å². The Morgan fingerprint density at radius 3 is 3.14 bits per heavy atom. The molecule has 2 aromatic rings. The molecular weight excluding hydrogens is 294 g/mol. The third kappa shape index (κ3) is 2.95. The van der Waals surface area contributed by atoms with Crippen LogP contribution in [-0.2, 0) is 6.54 Å². The van der Waals surface area contributed by atoms with Crippen LogP contribution in [0.5, 0.6) is 11.5 Å². The van der Waals surface area contributed by atoms with Crippen molar-refractivity contribution in [2.24, 2.45) is 0 Å². The second-order valence-electron chi connectivity index (χ2n) is 4.79. The van der Waals surface area contributed by atoms with Gasteiger partial charge in [-0.05, 0) is 25.1 Å². The molecule has 0 aliphatic carbocycles. The van der Waals surface area contributed by atoms with Gasteiger partial charge in [0.15, 0.2) is 11.5 Å². The van der Waals surface area contributed by atoms with Crippen LogP contribution in [0.2, 0.25) is 5.02 Å². The lowest BCUT2D eigenvalue weighted by atomic mass is 10.1. The van der Waals surface area contributed by atoms with Crippen LogP contribution in [0.25, 0.3) is 0 Å². The van der Waals surface area contributed by atoms with Crippen molar-refractivity contribution in [3.05, 3.63) is 41.2 Å². The molecule has 2 heterocycles. The van der Waals surface area contributed by atoms with Crippen molar-refractivity contribution in [1.29, 1.82) is 0 Å². The van der Waals surface area contributed by atoms with E-state index in [9.17, 15) is 4.79 Å². The minimum Gasteiger partial charge on any atom is -0.454 e. The Morgan fingerprint density at radius 2 is 2.38 bits per heavy atom. The number of fused-ring (bicyclic) bond motifs is 1. The molecule has 1 aliphatic rings. The Bertz CT molecular complexity index is 658. The smallest absolute Gasteiger partial charge is 0.251 e. The Kier molecular flexibility index (Phi) is 3.70. The Hall–Kier alpha value is -2.21. The van der Waals surface area contributed by atoms with E-state index in [1.165, 1.54) is 0 Å². The van der Waals surface area contributed by atoms with Crippen LogP contribution in [0.3, 0.4) is 0 Å². The van der Waals surface area contributed by atoms with Crippen LogP contribution in [0.1, 0.15) is 17.3 Å². The highest BCUT2D eigenvalue weighted by atomic mass is 35.5. The maximum absolute atomic E-state index is 12.2. The van der Waals surface area contributed by atoms with Crippen molar-refractivity contribution in [1.82, 2.24) is 15.1 Å². The zero-order valence-corrected chi connectivity index (χ0v) is 12.1. The van der Waals surface area contributed by atoms with E-state index in [0.717, 1.165) is 0 Å². The van der Waals surface area contributed by atoms with Gasteiger partial charge in [0.2, 0.25) is 6.79 Å². The number of aromatic nitrogens is 2. The van der Waals surface area contributed by atoms with Crippen molar-refractivity contribution < 1.29 is 14.3 Å². The third-order valence-electron chi connectivity index (χ3n) is 3.09. The van der Waals surface area contributed by atoms with E-state index >= 15 is 0 Å². The van der Waals surface area contributed by atoms with Crippen LogP contribution >= 0.6 is 11.6 Å². The summed E-state index contributed by atoms with van der Waals surface area (Å²) in [5.41, 5.74) is 0.441. The molecule has 7 heteroatoms. The summed E-state index contributed by atoms with van der Waals surface area (Å²) in [5, 5.41) is 7.37. The lowest BCUT2D eigenvalue weighted by molar-refractivity contribution is 0.0935. The Labute approximate surface area is 126 Å². The van der Waals surface area contributed by atoms with E-state index in [-0.39, 0.29) is 18.7 Å². The largest absolute Gasteiger partial charge is 0.454 e. The first-order valence-electron chi connectivity index (χ1n) is 6.51. The van der Waals surface area contributed by atoms with Crippen molar-refractivity contribution in [3.8, 4) is 11.5 Å². The molecule has 0 saturated carbocycles. The molecule has 3 rings (SSSR count). The average molecular weight is 308 g/mol. The second-order valence-corrected chi connectivity index (χ2v) is 5.20. The van der Waals surface area contributed by atoms with Gasteiger partial charge in [-0.1, -0.05) is 11.6 Å². The predicted molar refractivity (Wildman–Crippen MR) is 76.7 cm³/mol. The molecule has 0 unspecified atom stereocenters. The molecule has 0 fully saturated rings. The van der Waals surface area contributed by atoms with Crippen LogP contribution in [0.4, 0.5) is 0 Å². The molecule has 0 spiro atoms. The summed E-state index contributed by atoms with van der Waals surface area (Å²) in [6.45, 7) is 2.63. The molecule has 6 nitrogen and oxygen atoms in total. The van der Waals surface area contributed by atoms with E-state index in [1.807, 2.05) is 19.2 Å². The van der Waals surface area contributed by atoms with Crippen LogP contribution in [0.15, 0.2) is 30.6 Å². The van der Waals surface area contributed by atoms with Gasteiger partial charge >= 0.3 is 0 Å². The summed E-state index contributed by atoms with van der Waals surface area (Å²) in [5.74, 6) is 0.764. The number of amides is 1. The summed E-state index contributed by atoms with van der Waals surface area (Å²) in [6.07, 6.45) is 3.55. The number of rotatable bonds is 4. The number of nitrogens with one attached hydrogen (secondary N) is 1. The zero-order valence-electron chi connectivity index (χ0n) is 11.4. The molecule has 1 aromatic carbocycles. The highest BCUT2D eigenvalue weighted by Crippen LogP contribution is 2.39. The zero-order chi connectivity index (χ0) is 14.8. The second kappa shape index (κ2) is 5.65. The van der Waals surface area contributed by atoms with Gasteiger partial charge in [-0.3, -0.25) is 9.48 Å². The number of halogens is 1. The van der Waals surface area contributed by atoms with Gasteiger partial charge in [-0.2, -0.15) is 5.10 Å². The molecule has 1 aliphatic heterocycles. The topological polar surface area (TPSA) is 65.4 Å². The molecule has 110 valence electrons. The first-order chi connectivity index (χ1) is 10.1. The minimum atomic E-state index is -0.213. The number of carbonyl (C=O) groups is 1. The summed E-state index contributed by atoms with van der Waals surface area (Å²) in [6, 6.07) is 4.98. The fourth-order valence-corrected chi connectivity index (χ4v) is 2.41. The molecule has 0 radical (unpaired) electrons. The van der Waals surface area contributed by atoms with E-state index < -0.39 is 0 Å². The van der Waals surface area contributed by atoms with E-state index in [1.54, 1.807) is 23.0 Å². The molecule has 1 aromatic heterocycles. The first kappa shape index (κ1) is 13.8. The van der Waals surface area contributed by atoms with Gasteiger partial charge in [0.1, 0.15) is 0 Å². The van der Waals surface area contributed by atoms with Crippen molar-refractivity contribution >= 4 is 17.5 Å². The number of nitrogens with zero attached hydrogens (tertiary/aromatic N) is 2. The van der Waals surface area contributed by atoms with Crippen molar-refractivity contribution in [2.45, 2.75) is 19.5 Å². The van der Waals surface area contributed by atoms with Crippen LogP contribution in [-0.4, -0.2) is 28.5 Å². The van der Waals surface area contributed by atoms with E-state index in [2.05, 4.69) is 10.4 Å². The molecular formula is C14H14ClN3O3. The standard InChI is InChI=1S/C14H14ClN3O3/c1-9(7-18-4-2-3-16-18)17-14(19)10-5-11(15)13-12(6-10)20-8-21-13/h2-6,9H,7-8H2,1H3,(H,17,19)/t9-/m1/s1. The molecule has 1 atom stereocenters. The van der Waals surface area contributed by atoms with Gasteiger partial charge in [-0.15, -0.1) is 0 Å². The highest BCUT2D eigenvalue weighted by molar-refractivity contribution is 6.32. The highest BCUT2D eigenvalue weighted by Gasteiger charge is 2.21. The average Bonchev–Trinajstić information content (AvgIpc) is 3.09. The fraction of sp³-hybridized carbons (Fsp3) is 0.286. The SMILES string of the molecule is C[C@H](Cn1cccn1)NC(=O)c1cc(Cl)c2c(c1)OCO2. The predicted octanol–water partition coefficient (Wildman–Crippen LogP) is 2.08. The van der Waals surface area contributed by atoms with Gasteiger partial charge in [0.05, 0.1) is 11.6 Å². The van der Waals surface area contributed by atoms with Crippen molar-refractivity contribution in [3.63, 3.8) is 0 Å². The van der Waals surface area contributed by atoms with Gasteiger partial charge < -0.3 is 14.8 Å². The minimum absolute atomic E-state index is 0.0680. The number of hydrogen-bond donors (Lipinski definition) is 1. The molecule has 21 heavy (non-hydrogen) atoms. The summed E-state index contributed by atoms with van der Waals surface area (Å²) < 4.78 is 12.2. The van der Waals surface area contributed by atoms with Gasteiger partial charge in [0, 0.05) is 24.0 Å². The first-order valence-corrected chi connectivity index (χ1v) is 6.88. The van der Waals surface area contributed by atoms with E-state index in [0.29, 0.717) is 28.6 Å². The number of hydrogen-bond acceptors (Lipinski definition) is 4. The number of ether oxygens (including phenoxy) is 2. The molecule has 0 saturated heterocycles. The maximum atomic E-state index is 12.2. The fourth-order valence-electron chi connectivity index (χ4n) is 2.14.